The Morgan fingerprint density at radius 1 is 1.33 bits per heavy atom. The normalized spacial score (nSPS) is 11.4. The van der Waals surface area contributed by atoms with Crippen molar-refractivity contribution < 1.29 is 4.79 Å². The molecule has 0 aliphatic carbocycles. The highest BCUT2D eigenvalue weighted by molar-refractivity contribution is 7.99. The lowest BCUT2D eigenvalue weighted by molar-refractivity contribution is 0.0952. The van der Waals surface area contributed by atoms with Crippen molar-refractivity contribution in [3.63, 3.8) is 0 Å². The number of hydrogen-bond donors (Lipinski definition) is 3. The molecule has 21 heavy (non-hydrogen) atoms. The molecular formula is C15H20N4OS. The van der Waals surface area contributed by atoms with Gasteiger partial charge in [-0.2, -0.15) is 11.8 Å². The number of nitrogens with one attached hydrogen (secondary N) is 2. The van der Waals surface area contributed by atoms with Crippen LogP contribution in [0.25, 0.3) is 10.8 Å². The van der Waals surface area contributed by atoms with Crippen LogP contribution >= 0.6 is 11.8 Å². The summed E-state index contributed by atoms with van der Waals surface area (Å²) in [6, 6.07) is 7.57. The van der Waals surface area contributed by atoms with Crippen LogP contribution in [0.15, 0.2) is 30.5 Å². The summed E-state index contributed by atoms with van der Waals surface area (Å²) < 4.78 is -0.00233. The van der Waals surface area contributed by atoms with Gasteiger partial charge in [-0.1, -0.05) is 24.3 Å². The van der Waals surface area contributed by atoms with Gasteiger partial charge in [0.1, 0.15) is 5.82 Å². The molecule has 0 saturated heterocycles. The van der Waals surface area contributed by atoms with Gasteiger partial charge >= 0.3 is 0 Å². The van der Waals surface area contributed by atoms with E-state index in [1.807, 2.05) is 30.5 Å². The van der Waals surface area contributed by atoms with Crippen molar-refractivity contribution in [3.05, 3.63) is 36.0 Å². The Hall–Kier alpha value is -1.79. The standard InChI is InChI=1S/C15H20N4OS/c1-15(2,21-3)9-18-14(20)12-8-17-13(19-16)11-7-5-4-6-10(11)12/h4-8H,9,16H2,1-3H3,(H,17,19)(H,18,20). The van der Waals surface area contributed by atoms with E-state index >= 15 is 0 Å². The molecule has 4 N–H and O–H groups in total. The van der Waals surface area contributed by atoms with Crippen LogP contribution in [0.5, 0.6) is 0 Å². The number of aromatic nitrogens is 1. The van der Waals surface area contributed by atoms with E-state index in [4.69, 9.17) is 5.84 Å². The summed E-state index contributed by atoms with van der Waals surface area (Å²) >= 11 is 1.72. The molecule has 0 unspecified atom stereocenters. The monoisotopic (exact) mass is 304 g/mol. The number of fused-ring (bicyclic) bond motifs is 1. The second kappa shape index (κ2) is 6.32. The number of thioether (sulfide) groups is 1. The third-order valence-corrected chi connectivity index (χ3v) is 4.65. The van der Waals surface area contributed by atoms with Crippen molar-refractivity contribution in [3.8, 4) is 0 Å². The zero-order valence-electron chi connectivity index (χ0n) is 12.4. The second-order valence-corrected chi connectivity index (χ2v) is 6.87. The zero-order valence-corrected chi connectivity index (χ0v) is 13.3. The highest BCUT2D eigenvalue weighted by Gasteiger charge is 2.19. The Morgan fingerprint density at radius 2 is 2.00 bits per heavy atom. The maximum Gasteiger partial charge on any atom is 0.253 e. The third-order valence-electron chi connectivity index (χ3n) is 3.40. The molecule has 0 fully saturated rings. The summed E-state index contributed by atoms with van der Waals surface area (Å²) in [5, 5.41) is 4.63. The summed E-state index contributed by atoms with van der Waals surface area (Å²) in [6.45, 7) is 4.78. The molecule has 0 radical (unpaired) electrons. The van der Waals surface area contributed by atoms with Crippen LogP contribution in [0.4, 0.5) is 5.82 Å². The summed E-state index contributed by atoms with van der Waals surface area (Å²) in [5.74, 6) is 5.90. The van der Waals surface area contributed by atoms with E-state index in [0.29, 0.717) is 17.9 Å². The molecule has 6 heteroatoms. The molecule has 1 heterocycles. The fourth-order valence-corrected chi connectivity index (χ4v) is 2.17. The lowest BCUT2D eigenvalue weighted by Gasteiger charge is -2.22. The molecule has 2 rings (SSSR count). The highest BCUT2D eigenvalue weighted by atomic mass is 32.2. The molecule has 0 aliphatic heterocycles. The Bertz CT molecular complexity index is 657. The number of hydrogen-bond acceptors (Lipinski definition) is 5. The zero-order chi connectivity index (χ0) is 15.5. The predicted octanol–water partition coefficient (Wildman–Crippen LogP) is 2.39. The molecule has 0 atom stereocenters. The maximum atomic E-state index is 12.4. The van der Waals surface area contributed by atoms with Gasteiger partial charge in [-0.25, -0.2) is 10.8 Å². The topological polar surface area (TPSA) is 80.0 Å². The van der Waals surface area contributed by atoms with Crippen LogP contribution in [-0.2, 0) is 0 Å². The van der Waals surface area contributed by atoms with Crippen molar-refractivity contribution in [2.75, 3.05) is 18.2 Å². The number of carbonyl (C=O) groups excluding carboxylic acids is 1. The van der Waals surface area contributed by atoms with Crippen LogP contribution in [-0.4, -0.2) is 28.4 Å². The number of pyridine rings is 1. The van der Waals surface area contributed by atoms with E-state index in [-0.39, 0.29) is 10.7 Å². The molecule has 112 valence electrons. The average Bonchev–Trinajstić information content (AvgIpc) is 2.51. The summed E-state index contributed by atoms with van der Waals surface area (Å²) in [4.78, 5) is 16.6. The van der Waals surface area contributed by atoms with Crippen LogP contribution in [0.3, 0.4) is 0 Å². The molecule has 0 spiro atoms. The van der Waals surface area contributed by atoms with E-state index in [1.165, 1.54) is 0 Å². The van der Waals surface area contributed by atoms with Gasteiger partial charge in [0, 0.05) is 22.9 Å². The van der Waals surface area contributed by atoms with Gasteiger partial charge in [0.25, 0.3) is 5.91 Å². The molecule has 2 aromatic rings. The summed E-state index contributed by atoms with van der Waals surface area (Å²) in [5.41, 5.74) is 3.11. The van der Waals surface area contributed by atoms with E-state index < -0.39 is 0 Å². The van der Waals surface area contributed by atoms with Crippen molar-refractivity contribution >= 4 is 34.3 Å². The number of nitrogen functional groups attached to an aromatic ring is 1. The molecular weight excluding hydrogens is 284 g/mol. The van der Waals surface area contributed by atoms with Crippen molar-refractivity contribution in [2.45, 2.75) is 18.6 Å². The number of nitrogens with two attached hydrogens (primary N) is 1. The highest BCUT2D eigenvalue weighted by Crippen LogP contribution is 2.24. The number of carbonyl (C=O) groups is 1. The summed E-state index contributed by atoms with van der Waals surface area (Å²) in [7, 11) is 0. The van der Waals surface area contributed by atoms with Gasteiger partial charge in [0.15, 0.2) is 0 Å². The van der Waals surface area contributed by atoms with Crippen LogP contribution in [0, 0.1) is 0 Å². The van der Waals surface area contributed by atoms with Gasteiger partial charge in [-0.05, 0) is 25.5 Å². The second-order valence-electron chi connectivity index (χ2n) is 5.36. The van der Waals surface area contributed by atoms with Gasteiger partial charge in [0.05, 0.1) is 5.56 Å². The number of anilines is 1. The van der Waals surface area contributed by atoms with E-state index in [9.17, 15) is 4.79 Å². The molecule has 1 aromatic heterocycles. The summed E-state index contributed by atoms with van der Waals surface area (Å²) in [6.07, 6.45) is 3.59. The Kier molecular flexibility index (Phi) is 4.69. The number of nitrogens with zero attached hydrogens (tertiary/aromatic N) is 1. The number of hydrazine groups is 1. The number of rotatable bonds is 5. The largest absolute Gasteiger partial charge is 0.351 e. The lowest BCUT2D eigenvalue weighted by Crippen LogP contribution is -2.36. The quantitative estimate of drug-likeness (QED) is 0.584. The molecule has 1 aromatic carbocycles. The van der Waals surface area contributed by atoms with Crippen LogP contribution in [0.2, 0.25) is 0 Å². The van der Waals surface area contributed by atoms with Gasteiger partial charge in [-0.3, -0.25) is 4.79 Å². The van der Waals surface area contributed by atoms with Gasteiger partial charge in [-0.15, -0.1) is 0 Å². The molecule has 0 saturated carbocycles. The minimum absolute atomic E-state index is 0.00233. The van der Waals surface area contributed by atoms with Crippen molar-refractivity contribution in [2.24, 2.45) is 5.84 Å². The SMILES string of the molecule is CSC(C)(C)CNC(=O)c1cnc(NN)c2ccccc12. The fraction of sp³-hybridized carbons (Fsp3) is 0.333. The average molecular weight is 304 g/mol. The lowest BCUT2D eigenvalue weighted by atomic mass is 10.1. The van der Waals surface area contributed by atoms with Crippen molar-refractivity contribution in [1.82, 2.24) is 10.3 Å². The predicted molar refractivity (Wildman–Crippen MR) is 89.5 cm³/mol. The van der Waals surface area contributed by atoms with E-state index in [2.05, 4.69) is 29.6 Å². The Balaban J connectivity index is 2.32. The minimum atomic E-state index is -0.121. The first-order valence-electron chi connectivity index (χ1n) is 6.66. The van der Waals surface area contributed by atoms with Gasteiger partial charge in [0.2, 0.25) is 0 Å². The maximum absolute atomic E-state index is 12.4. The molecule has 5 nitrogen and oxygen atoms in total. The van der Waals surface area contributed by atoms with Crippen molar-refractivity contribution in [1.29, 1.82) is 0 Å². The number of amides is 1. The minimum Gasteiger partial charge on any atom is -0.351 e. The third kappa shape index (κ3) is 3.46. The smallest absolute Gasteiger partial charge is 0.253 e. The van der Waals surface area contributed by atoms with Crippen LogP contribution < -0.4 is 16.6 Å². The van der Waals surface area contributed by atoms with E-state index in [0.717, 1.165) is 10.8 Å². The van der Waals surface area contributed by atoms with Crippen LogP contribution in [0.1, 0.15) is 24.2 Å². The number of benzene rings is 1. The first-order chi connectivity index (χ1) is 9.98. The first kappa shape index (κ1) is 15.6. The Morgan fingerprint density at radius 3 is 2.62 bits per heavy atom. The Labute approximate surface area is 128 Å². The molecule has 0 bridgehead atoms. The van der Waals surface area contributed by atoms with Gasteiger partial charge < -0.3 is 10.7 Å². The fourth-order valence-electron chi connectivity index (χ4n) is 1.95. The molecule has 1 amide bonds. The first-order valence-corrected chi connectivity index (χ1v) is 7.88. The van der Waals surface area contributed by atoms with E-state index in [1.54, 1.807) is 18.0 Å². The molecule has 0 aliphatic rings.